The van der Waals surface area contributed by atoms with E-state index in [1.54, 1.807) is 0 Å². The van der Waals surface area contributed by atoms with Gasteiger partial charge in [0.15, 0.2) is 10.9 Å². The third-order valence-electron chi connectivity index (χ3n) is 14.1. The van der Waals surface area contributed by atoms with Crippen LogP contribution in [-0.4, -0.2) is 9.13 Å². The molecule has 0 spiro atoms. The molecule has 2 aromatic heterocycles. The highest BCUT2D eigenvalue weighted by Crippen LogP contribution is 2.46. The van der Waals surface area contributed by atoms with Gasteiger partial charge in [-0.2, -0.15) is 0 Å². The highest BCUT2D eigenvalue weighted by Gasteiger charge is 2.34. The first-order valence-corrected chi connectivity index (χ1v) is 24.6. The SMILES string of the molecule is CC(C)c1ccc2c(=O)c3cc4c(cc3n(-c3c(C(C)(C)C)cc(C(C)(C)C)cc3C(C)(C)C)c2c1)c(=O)c1ccc(C(C)C)cc1n4-c1c(C(C)(C)C)cc(C(C)(C)C)cc1C(C)(C)C. The molecule has 0 unspecified atom stereocenters. The van der Waals surface area contributed by atoms with Gasteiger partial charge in [-0.1, -0.05) is 189 Å². The molecule has 0 fully saturated rings. The Morgan fingerprint density at radius 2 is 0.591 bits per heavy atom. The van der Waals surface area contributed by atoms with Gasteiger partial charge in [-0.05, 0) is 125 Å². The van der Waals surface area contributed by atoms with E-state index in [9.17, 15) is 0 Å². The van der Waals surface area contributed by atoms with Crippen LogP contribution >= 0.6 is 0 Å². The van der Waals surface area contributed by atoms with E-state index in [2.05, 4.69) is 222 Å². The summed E-state index contributed by atoms with van der Waals surface area (Å²) in [5.74, 6) is 0.483. The minimum Gasteiger partial charge on any atom is -0.308 e. The molecule has 0 aliphatic heterocycles. The molecule has 7 rings (SSSR count). The quantitative estimate of drug-likeness (QED) is 0.165. The number of hydrogen-bond acceptors (Lipinski definition) is 2. The summed E-state index contributed by atoms with van der Waals surface area (Å²) in [7, 11) is 0. The van der Waals surface area contributed by atoms with Gasteiger partial charge in [0, 0.05) is 21.5 Å². The molecule has 0 aliphatic rings. The molecule has 0 bridgehead atoms. The van der Waals surface area contributed by atoms with Crippen molar-refractivity contribution >= 4 is 43.6 Å². The maximum absolute atomic E-state index is 15.6. The Balaban J connectivity index is 1.87. The van der Waals surface area contributed by atoms with Crippen LogP contribution in [0.3, 0.4) is 0 Å². The molecule has 4 nitrogen and oxygen atoms in total. The van der Waals surface area contributed by atoms with Crippen molar-refractivity contribution in [1.29, 1.82) is 0 Å². The molecule has 0 amide bonds. The molecule has 2 heterocycles. The molecule has 0 saturated heterocycles. The maximum Gasteiger partial charge on any atom is 0.197 e. The van der Waals surface area contributed by atoms with Crippen molar-refractivity contribution in [3.8, 4) is 11.4 Å². The van der Waals surface area contributed by atoms with Crippen LogP contribution in [0.5, 0.6) is 0 Å². The van der Waals surface area contributed by atoms with E-state index in [0.29, 0.717) is 21.5 Å². The van der Waals surface area contributed by atoms with Gasteiger partial charge < -0.3 is 9.13 Å². The summed E-state index contributed by atoms with van der Waals surface area (Å²) < 4.78 is 4.75. The normalized spacial score (nSPS) is 13.7. The first kappa shape index (κ1) is 49.0. The lowest BCUT2D eigenvalue weighted by atomic mass is 9.74. The van der Waals surface area contributed by atoms with Crippen molar-refractivity contribution in [3.63, 3.8) is 0 Å². The summed E-state index contributed by atoms with van der Waals surface area (Å²) in [6.07, 6.45) is 0. The first-order valence-electron chi connectivity index (χ1n) is 24.6. The van der Waals surface area contributed by atoms with Crippen molar-refractivity contribution in [2.45, 2.75) is 197 Å². The van der Waals surface area contributed by atoms with Gasteiger partial charge in [-0.3, -0.25) is 9.59 Å². The van der Waals surface area contributed by atoms with E-state index >= 15 is 9.59 Å². The van der Waals surface area contributed by atoms with Gasteiger partial charge in [0.05, 0.1) is 33.4 Å². The zero-order chi connectivity index (χ0) is 49.3. The van der Waals surface area contributed by atoms with E-state index in [1.807, 2.05) is 12.1 Å². The lowest BCUT2D eigenvalue weighted by Gasteiger charge is -2.36. The van der Waals surface area contributed by atoms with Crippen LogP contribution in [0.4, 0.5) is 0 Å². The molecule has 350 valence electrons. The number of rotatable bonds is 4. The number of hydrogen-bond donors (Lipinski definition) is 0. The third-order valence-corrected chi connectivity index (χ3v) is 14.1. The Hall–Kier alpha value is -4.96. The molecular weight excluding hydrogens is 805 g/mol. The molecule has 5 aromatic carbocycles. The molecule has 66 heavy (non-hydrogen) atoms. The zero-order valence-corrected chi connectivity index (χ0v) is 44.8. The molecule has 7 aromatic rings. The summed E-state index contributed by atoms with van der Waals surface area (Å²) in [6, 6.07) is 26.6. The Labute approximate surface area is 396 Å². The fraction of sp³-hybridized carbons (Fsp3) is 0.484. The third kappa shape index (κ3) is 8.49. The Morgan fingerprint density at radius 1 is 0.333 bits per heavy atom. The smallest absolute Gasteiger partial charge is 0.197 e. The van der Waals surface area contributed by atoms with Crippen LogP contribution in [0.2, 0.25) is 0 Å². The molecule has 0 atom stereocenters. The Kier molecular flexibility index (Phi) is 11.7. The summed E-state index contributed by atoms with van der Waals surface area (Å²) in [4.78, 5) is 31.2. The minimum atomic E-state index is -0.270. The van der Waals surface area contributed by atoms with Crippen molar-refractivity contribution in [3.05, 3.63) is 138 Å². The molecule has 4 heteroatoms. The largest absolute Gasteiger partial charge is 0.308 e. The van der Waals surface area contributed by atoms with E-state index in [1.165, 1.54) is 33.4 Å². The summed E-state index contributed by atoms with van der Waals surface area (Å²) in [6.45, 7) is 50.2. The second-order valence-electron chi connectivity index (χ2n) is 26.4. The van der Waals surface area contributed by atoms with Crippen LogP contribution in [0.1, 0.15) is 209 Å². The Morgan fingerprint density at radius 3 is 0.818 bits per heavy atom. The lowest BCUT2D eigenvalue weighted by molar-refractivity contribution is 0.544. The predicted molar refractivity (Wildman–Crippen MR) is 288 cm³/mol. The number of fused-ring (bicyclic) bond motifs is 4. The monoisotopic (exact) mass is 885 g/mol. The molecule has 0 radical (unpaired) electrons. The van der Waals surface area contributed by atoms with Crippen LogP contribution in [-0.2, 0) is 32.5 Å². The average Bonchev–Trinajstić information content (AvgIpc) is 3.17. The highest BCUT2D eigenvalue weighted by atomic mass is 16.1. The first-order chi connectivity index (χ1) is 30.0. The van der Waals surface area contributed by atoms with E-state index in [4.69, 9.17) is 0 Å². The molecule has 0 N–H and O–H groups in total. The second kappa shape index (κ2) is 15.8. The average molecular weight is 885 g/mol. The van der Waals surface area contributed by atoms with Gasteiger partial charge in [-0.25, -0.2) is 0 Å². The van der Waals surface area contributed by atoms with Gasteiger partial charge in [0.2, 0.25) is 0 Å². The summed E-state index contributed by atoms with van der Waals surface area (Å²) in [5.41, 5.74) is 13.8. The second-order valence-corrected chi connectivity index (χ2v) is 26.4. The van der Waals surface area contributed by atoms with Crippen molar-refractivity contribution in [2.75, 3.05) is 0 Å². The topological polar surface area (TPSA) is 44.0 Å². The highest BCUT2D eigenvalue weighted by molar-refractivity contribution is 6.06. The van der Waals surface area contributed by atoms with Gasteiger partial charge in [0.25, 0.3) is 0 Å². The number of benzene rings is 5. The van der Waals surface area contributed by atoms with E-state index in [0.717, 1.165) is 44.6 Å². The maximum atomic E-state index is 15.6. The molecule has 0 aliphatic carbocycles. The standard InChI is InChI=1S/C62H80N2O2/c1-35(2)37-23-25-41-49(27-37)63(53-45(59(11,12)13)29-39(57(5,6)7)30-46(53)60(14,15)16)51-33-44-52(34-43(51)55(41)65)64(50-28-38(36(3)4)24-26-42(50)56(44)66)54-47(61(17,18)19)31-40(58(8,9)10)32-48(54)62(20,21)22/h23-36H,1-22H3. The van der Waals surface area contributed by atoms with Crippen molar-refractivity contribution < 1.29 is 0 Å². The predicted octanol–water partition coefficient (Wildman–Crippen LogP) is 16.6. The van der Waals surface area contributed by atoms with Crippen LogP contribution in [0.15, 0.2) is 82.4 Å². The summed E-state index contributed by atoms with van der Waals surface area (Å²) in [5, 5.41) is 2.53. The number of nitrogens with zero attached hydrogens (tertiary/aromatic N) is 2. The van der Waals surface area contributed by atoms with Crippen LogP contribution in [0.25, 0.3) is 55.0 Å². The van der Waals surface area contributed by atoms with Gasteiger partial charge in [0.1, 0.15) is 0 Å². The van der Waals surface area contributed by atoms with Crippen molar-refractivity contribution in [1.82, 2.24) is 9.13 Å². The summed E-state index contributed by atoms with van der Waals surface area (Å²) >= 11 is 0. The zero-order valence-electron chi connectivity index (χ0n) is 44.8. The molecule has 0 saturated carbocycles. The van der Waals surface area contributed by atoms with Crippen molar-refractivity contribution in [2.24, 2.45) is 0 Å². The number of aromatic nitrogens is 2. The number of pyridine rings is 2. The fourth-order valence-corrected chi connectivity index (χ4v) is 9.82. The van der Waals surface area contributed by atoms with Crippen LogP contribution in [0, 0.1) is 0 Å². The van der Waals surface area contributed by atoms with Crippen LogP contribution < -0.4 is 10.9 Å². The Bertz CT molecular complexity index is 2920. The van der Waals surface area contributed by atoms with E-state index < -0.39 is 0 Å². The van der Waals surface area contributed by atoms with Gasteiger partial charge in [-0.15, -0.1) is 0 Å². The van der Waals surface area contributed by atoms with Gasteiger partial charge >= 0.3 is 0 Å². The van der Waals surface area contributed by atoms with E-state index in [-0.39, 0.29) is 55.2 Å². The lowest BCUT2D eigenvalue weighted by Crippen LogP contribution is -2.27. The fourth-order valence-electron chi connectivity index (χ4n) is 9.82. The molecular formula is C62H80N2O2. The minimum absolute atomic E-state index is 0.0282.